The van der Waals surface area contributed by atoms with Crippen LogP contribution in [0.5, 0.6) is 0 Å². The van der Waals surface area contributed by atoms with E-state index in [1.807, 2.05) is 19.1 Å². The first-order chi connectivity index (χ1) is 6.02. The summed E-state index contributed by atoms with van der Waals surface area (Å²) in [6, 6.07) is 5.36. The Hall–Kier alpha value is -0.350. The maximum absolute atomic E-state index is 10.7. The van der Waals surface area contributed by atoms with E-state index in [1.165, 1.54) is 0 Å². The summed E-state index contributed by atoms with van der Waals surface area (Å²) in [6.45, 7) is 3.81. The Morgan fingerprint density at radius 2 is 2.00 bits per heavy atom. The Morgan fingerprint density at radius 1 is 1.38 bits per heavy atom. The molecular weight excluding hydrogens is 252 g/mol. The summed E-state index contributed by atoms with van der Waals surface area (Å²) in [5, 5.41) is 0. The first-order valence-corrected chi connectivity index (χ1v) is 6.00. The fourth-order valence-electron chi connectivity index (χ4n) is 1.13. The standard InChI is InChI=1S/C9H11BrO2S/c1-6-5-8(7(2)10)3-4-9(6)13(11)12/h3-5,7,13H,1-2H3. The van der Waals surface area contributed by atoms with Gasteiger partial charge in [0.1, 0.15) is 0 Å². The van der Waals surface area contributed by atoms with Crippen molar-refractivity contribution in [2.75, 3.05) is 0 Å². The molecule has 2 nitrogen and oxygen atoms in total. The summed E-state index contributed by atoms with van der Waals surface area (Å²) in [6.07, 6.45) is 0. The lowest BCUT2D eigenvalue weighted by Crippen LogP contribution is -1.90. The zero-order chi connectivity index (χ0) is 10.0. The average Bonchev–Trinajstić information content (AvgIpc) is 2.03. The summed E-state index contributed by atoms with van der Waals surface area (Å²) in [5.74, 6) is 0. The van der Waals surface area contributed by atoms with Crippen LogP contribution in [0.1, 0.15) is 22.9 Å². The molecule has 0 aliphatic heterocycles. The summed E-state index contributed by atoms with van der Waals surface area (Å²) < 4.78 is 21.5. The molecule has 0 radical (unpaired) electrons. The van der Waals surface area contributed by atoms with Crippen LogP contribution in [0.15, 0.2) is 23.1 Å². The zero-order valence-corrected chi connectivity index (χ0v) is 9.93. The molecule has 0 saturated heterocycles. The van der Waals surface area contributed by atoms with Gasteiger partial charge in [-0.2, -0.15) is 0 Å². The third kappa shape index (κ3) is 2.54. The van der Waals surface area contributed by atoms with Crippen LogP contribution < -0.4 is 0 Å². The van der Waals surface area contributed by atoms with Gasteiger partial charge in [0, 0.05) is 4.83 Å². The maximum atomic E-state index is 10.7. The Morgan fingerprint density at radius 3 is 2.38 bits per heavy atom. The fourth-order valence-corrected chi connectivity index (χ4v) is 1.96. The first-order valence-electron chi connectivity index (χ1n) is 3.91. The second-order valence-electron chi connectivity index (χ2n) is 2.92. The molecule has 72 valence electrons. The fraction of sp³-hybridized carbons (Fsp3) is 0.333. The van der Waals surface area contributed by atoms with Crippen LogP contribution in [0.25, 0.3) is 0 Å². The van der Waals surface area contributed by atoms with Gasteiger partial charge < -0.3 is 0 Å². The second kappa shape index (κ2) is 4.24. The zero-order valence-electron chi connectivity index (χ0n) is 7.45. The molecule has 0 fully saturated rings. The van der Waals surface area contributed by atoms with Crippen LogP contribution in [-0.4, -0.2) is 8.42 Å². The van der Waals surface area contributed by atoms with Crippen molar-refractivity contribution in [3.63, 3.8) is 0 Å². The van der Waals surface area contributed by atoms with E-state index in [-0.39, 0.29) is 4.83 Å². The van der Waals surface area contributed by atoms with Gasteiger partial charge in [-0.1, -0.05) is 28.1 Å². The predicted molar refractivity (Wildman–Crippen MR) is 57.1 cm³/mol. The maximum Gasteiger partial charge on any atom is 0.168 e. The molecule has 0 heterocycles. The van der Waals surface area contributed by atoms with E-state index in [4.69, 9.17) is 0 Å². The summed E-state index contributed by atoms with van der Waals surface area (Å²) in [4.78, 5) is 0.664. The minimum Gasteiger partial charge on any atom is -0.227 e. The number of benzene rings is 1. The molecule has 0 spiro atoms. The average molecular weight is 263 g/mol. The topological polar surface area (TPSA) is 34.1 Å². The minimum atomic E-state index is -2.46. The molecule has 4 heteroatoms. The molecule has 1 aromatic rings. The van der Waals surface area contributed by atoms with Gasteiger partial charge in [-0.25, -0.2) is 8.42 Å². The Bertz CT molecular complexity index is 375. The molecule has 0 N–H and O–H groups in total. The number of rotatable bonds is 2. The molecule has 0 amide bonds. The van der Waals surface area contributed by atoms with Gasteiger partial charge in [0.2, 0.25) is 0 Å². The molecule has 0 saturated carbocycles. The number of halogens is 1. The van der Waals surface area contributed by atoms with E-state index in [1.54, 1.807) is 13.0 Å². The van der Waals surface area contributed by atoms with Crippen LogP contribution in [0.4, 0.5) is 0 Å². The number of hydrogen-bond acceptors (Lipinski definition) is 2. The van der Waals surface area contributed by atoms with Crippen molar-refractivity contribution in [1.29, 1.82) is 0 Å². The van der Waals surface area contributed by atoms with Crippen LogP contribution in [0, 0.1) is 6.92 Å². The molecule has 13 heavy (non-hydrogen) atoms. The van der Waals surface area contributed by atoms with Gasteiger partial charge in [-0.3, -0.25) is 0 Å². The van der Waals surface area contributed by atoms with E-state index in [2.05, 4.69) is 15.9 Å². The molecule has 0 aliphatic rings. The largest absolute Gasteiger partial charge is 0.227 e. The first kappa shape index (κ1) is 10.7. The summed E-state index contributed by atoms with van der Waals surface area (Å²) in [7, 11) is -2.46. The molecule has 1 aromatic carbocycles. The highest BCUT2D eigenvalue weighted by Gasteiger charge is 2.04. The molecular formula is C9H11BrO2S. The number of alkyl halides is 1. The molecule has 0 aliphatic carbocycles. The van der Waals surface area contributed by atoms with Crippen molar-refractivity contribution in [3.8, 4) is 0 Å². The molecule has 1 rings (SSSR count). The lowest BCUT2D eigenvalue weighted by molar-refractivity contribution is 0.614. The van der Waals surface area contributed by atoms with Gasteiger partial charge in [-0.05, 0) is 31.0 Å². The van der Waals surface area contributed by atoms with Gasteiger partial charge in [-0.15, -0.1) is 0 Å². The quantitative estimate of drug-likeness (QED) is 0.656. The third-order valence-electron chi connectivity index (χ3n) is 1.88. The number of thiol groups is 1. The van der Waals surface area contributed by atoms with Crippen LogP contribution >= 0.6 is 15.9 Å². The molecule has 1 atom stereocenters. The van der Waals surface area contributed by atoms with Crippen molar-refractivity contribution in [2.24, 2.45) is 0 Å². The van der Waals surface area contributed by atoms with Crippen molar-refractivity contribution in [3.05, 3.63) is 29.3 Å². The highest BCUT2D eigenvalue weighted by molar-refractivity contribution is 9.09. The van der Waals surface area contributed by atoms with E-state index < -0.39 is 10.7 Å². The monoisotopic (exact) mass is 262 g/mol. The van der Waals surface area contributed by atoms with Gasteiger partial charge in [0.15, 0.2) is 10.7 Å². The Balaban J connectivity index is 3.20. The second-order valence-corrected chi connectivity index (χ2v) is 5.29. The van der Waals surface area contributed by atoms with Crippen molar-refractivity contribution in [2.45, 2.75) is 23.6 Å². The third-order valence-corrected chi connectivity index (χ3v) is 3.30. The van der Waals surface area contributed by atoms with E-state index in [0.717, 1.165) is 11.1 Å². The highest BCUT2D eigenvalue weighted by atomic mass is 79.9. The van der Waals surface area contributed by atoms with Crippen LogP contribution in [0.2, 0.25) is 0 Å². The summed E-state index contributed by atoms with van der Waals surface area (Å²) >= 11 is 3.43. The van der Waals surface area contributed by atoms with Crippen LogP contribution in [-0.2, 0) is 10.7 Å². The Labute approximate surface area is 88.1 Å². The Kier molecular flexibility index (Phi) is 3.50. The van der Waals surface area contributed by atoms with Crippen molar-refractivity contribution in [1.82, 2.24) is 0 Å². The smallest absolute Gasteiger partial charge is 0.168 e. The van der Waals surface area contributed by atoms with Crippen LogP contribution in [0.3, 0.4) is 0 Å². The lowest BCUT2D eigenvalue weighted by atomic mass is 10.1. The molecule has 0 aromatic heterocycles. The SMILES string of the molecule is Cc1cc(C(C)Br)ccc1[SH](=O)=O. The van der Waals surface area contributed by atoms with Gasteiger partial charge in [0.25, 0.3) is 0 Å². The van der Waals surface area contributed by atoms with E-state index >= 15 is 0 Å². The minimum absolute atomic E-state index is 0.254. The van der Waals surface area contributed by atoms with Gasteiger partial charge in [0.05, 0.1) is 4.90 Å². The molecule has 1 unspecified atom stereocenters. The van der Waals surface area contributed by atoms with Gasteiger partial charge >= 0.3 is 0 Å². The highest BCUT2D eigenvalue weighted by Crippen LogP contribution is 2.24. The lowest BCUT2D eigenvalue weighted by Gasteiger charge is -2.05. The van der Waals surface area contributed by atoms with Crippen molar-refractivity contribution < 1.29 is 8.42 Å². The molecule has 0 bridgehead atoms. The normalized spacial score (nSPS) is 13.2. The van der Waals surface area contributed by atoms with E-state index in [9.17, 15) is 8.42 Å². The predicted octanol–water partition coefficient (Wildman–Crippen LogP) is 2.42. The summed E-state index contributed by atoms with van der Waals surface area (Å²) in [5.41, 5.74) is 1.90. The number of aryl methyl sites for hydroxylation is 1. The van der Waals surface area contributed by atoms with E-state index in [0.29, 0.717) is 4.90 Å². The number of hydrogen-bond donors (Lipinski definition) is 1. The van der Waals surface area contributed by atoms with Crippen molar-refractivity contribution >= 4 is 26.6 Å².